The molecule has 1 atom stereocenters. The highest BCUT2D eigenvalue weighted by Crippen LogP contribution is 2.55. The monoisotopic (exact) mass is 240 g/mol. The molecular formula is C7H7Cl2O3P. The summed E-state index contributed by atoms with van der Waals surface area (Å²) >= 11 is 10.1. The van der Waals surface area contributed by atoms with E-state index in [0.717, 1.165) is 5.56 Å². The molecule has 0 heterocycles. The Labute approximate surface area is 86.1 Å². The maximum Gasteiger partial charge on any atom is 0.440 e. The molecule has 0 saturated carbocycles. The van der Waals surface area contributed by atoms with Crippen LogP contribution in [0.15, 0.2) is 30.3 Å². The van der Waals surface area contributed by atoms with Crippen LogP contribution in [0.4, 0.5) is 0 Å². The number of hydrogen-bond donors (Lipinski definition) is 0. The van der Waals surface area contributed by atoms with E-state index < -0.39 is 6.95 Å². The SMILES string of the molecule is O=P(Cl)(OCl)OCc1ccccc1. The fourth-order valence-electron chi connectivity index (χ4n) is 0.746. The molecule has 6 heteroatoms. The highest BCUT2D eigenvalue weighted by Gasteiger charge is 2.19. The minimum absolute atomic E-state index is 0.105. The second-order valence-electron chi connectivity index (χ2n) is 2.26. The third kappa shape index (κ3) is 4.12. The predicted molar refractivity (Wildman–Crippen MR) is 51.6 cm³/mol. The maximum absolute atomic E-state index is 10.9. The quantitative estimate of drug-likeness (QED) is 0.753. The summed E-state index contributed by atoms with van der Waals surface area (Å²) in [6, 6.07) is 9.15. The lowest BCUT2D eigenvalue weighted by atomic mass is 10.2. The Hall–Kier alpha value is -0.0500. The van der Waals surface area contributed by atoms with Crippen LogP contribution in [0.1, 0.15) is 5.56 Å². The topological polar surface area (TPSA) is 35.5 Å². The Balaban J connectivity index is 2.49. The van der Waals surface area contributed by atoms with Gasteiger partial charge in [-0.1, -0.05) is 30.3 Å². The van der Waals surface area contributed by atoms with Crippen molar-refractivity contribution in [2.45, 2.75) is 6.61 Å². The standard InChI is InChI=1S/C7H7Cl2O3P/c8-12-13(9,10)11-6-7-4-2-1-3-5-7/h1-5H,6H2. The van der Waals surface area contributed by atoms with E-state index in [9.17, 15) is 4.57 Å². The van der Waals surface area contributed by atoms with Crippen LogP contribution in [-0.4, -0.2) is 0 Å². The Kier molecular flexibility index (Phi) is 4.23. The molecular weight excluding hydrogens is 234 g/mol. The van der Waals surface area contributed by atoms with Gasteiger partial charge in [0.05, 0.1) is 18.5 Å². The van der Waals surface area contributed by atoms with Crippen LogP contribution in [0.5, 0.6) is 0 Å². The van der Waals surface area contributed by atoms with Crippen LogP contribution in [-0.2, 0) is 19.8 Å². The molecule has 0 aromatic heterocycles. The lowest BCUT2D eigenvalue weighted by Gasteiger charge is -2.06. The summed E-state index contributed by atoms with van der Waals surface area (Å²) in [7, 11) is 0. The number of hydrogen-bond acceptors (Lipinski definition) is 3. The van der Waals surface area contributed by atoms with Gasteiger partial charge in [-0.15, -0.1) is 0 Å². The third-order valence-electron chi connectivity index (χ3n) is 1.31. The van der Waals surface area contributed by atoms with Gasteiger partial charge in [0.15, 0.2) is 0 Å². The average molecular weight is 241 g/mol. The largest absolute Gasteiger partial charge is 0.440 e. The first-order valence-corrected chi connectivity index (χ1v) is 6.18. The minimum atomic E-state index is -3.60. The average Bonchev–Trinajstić information content (AvgIpc) is 2.17. The van der Waals surface area contributed by atoms with Crippen molar-refractivity contribution in [2.24, 2.45) is 0 Å². The molecule has 72 valence electrons. The van der Waals surface area contributed by atoms with Crippen LogP contribution in [0.3, 0.4) is 0 Å². The van der Waals surface area contributed by atoms with Crippen LogP contribution < -0.4 is 0 Å². The van der Waals surface area contributed by atoms with E-state index in [-0.39, 0.29) is 6.61 Å². The van der Waals surface area contributed by atoms with Crippen LogP contribution in [0, 0.1) is 0 Å². The first-order valence-electron chi connectivity index (χ1n) is 3.42. The van der Waals surface area contributed by atoms with E-state index in [2.05, 4.69) is 4.08 Å². The normalized spacial score (nSPS) is 15.2. The molecule has 0 bridgehead atoms. The molecule has 0 saturated heterocycles. The summed E-state index contributed by atoms with van der Waals surface area (Å²) in [5, 5.41) is 0. The third-order valence-corrected chi connectivity index (χ3v) is 3.17. The van der Waals surface area contributed by atoms with Crippen molar-refractivity contribution in [1.29, 1.82) is 0 Å². The highest BCUT2D eigenvalue weighted by molar-refractivity contribution is 7.81. The van der Waals surface area contributed by atoms with Gasteiger partial charge in [-0.3, -0.25) is 4.52 Å². The van der Waals surface area contributed by atoms with Gasteiger partial charge >= 0.3 is 6.95 Å². The molecule has 1 aromatic rings. The molecule has 0 fully saturated rings. The summed E-state index contributed by atoms with van der Waals surface area (Å²) in [6.07, 6.45) is 0. The Morgan fingerprint density at radius 3 is 2.46 bits per heavy atom. The smallest absolute Gasteiger partial charge is 0.291 e. The maximum atomic E-state index is 10.9. The second kappa shape index (κ2) is 4.99. The zero-order valence-corrected chi connectivity index (χ0v) is 8.93. The second-order valence-corrected chi connectivity index (χ2v) is 5.17. The van der Waals surface area contributed by atoms with Gasteiger partial charge in [0.1, 0.15) is 0 Å². The van der Waals surface area contributed by atoms with Gasteiger partial charge in [0.2, 0.25) is 0 Å². The van der Waals surface area contributed by atoms with E-state index in [1.165, 1.54) is 0 Å². The summed E-state index contributed by atoms with van der Waals surface area (Å²) in [4.78, 5) is 0. The van der Waals surface area contributed by atoms with Gasteiger partial charge in [0.25, 0.3) is 0 Å². The van der Waals surface area contributed by atoms with Crippen molar-refractivity contribution in [3.8, 4) is 0 Å². The van der Waals surface area contributed by atoms with Gasteiger partial charge in [-0.2, -0.15) is 4.08 Å². The number of benzene rings is 1. The van der Waals surface area contributed by atoms with Gasteiger partial charge in [-0.25, -0.2) is 4.57 Å². The molecule has 0 amide bonds. The molecule has 3 nitrogen and oxygen atoms in total. The molecule has 0 spiro atoms. The predicted octanol–water partition coefficient (Wildman–Crippen LogP) is 3.72. The van der Waals surface area contributed by atoms with E-state index in [1.54, 1.807) is 0 Å². The highest BCUT2D eigenvalue weighted by atomic mass is 35.7. The van der Waals surface area contributed by atoms with Crippen molar-refractivity contribution < 1.29 is 13.2 Å². The minimum Gasteiger partial charge on any atom is -0.291 e. The first-order chi connectivity index (χ1) is 6.14. The summed E-state index contributed by atoms with van der Waals surface area (Å²) in [5.74, 6) is 0. The molecule has 13 heavy (non-hydrogen) atoms. The number of halogens is 2. The molecule has 0 aliphatic carbocycles. The number of rotatable bonds is 4. The van der Waals surface area contributed by atoms with Crippen LogP contribution in [0.2, 0.25) is 0 Å². The summed E-state index contributed by atoms with van der Waals surface area (Å²) < 4.78 is 19.6. The molecule has 0 aliphatic heterocycles. The summed E-state index contributed by atoms with van der Waals surface area (Å²) in [6.45, 7) is -3.50. The van der Waals surface area contributed by atoms with Crippen molar-refractivity contribution in [3.63, 3.8) is 0 Å². The summed E-state index contributed by atoms with van der Waals surface area (Å²) in [5.41, 5.74) is 0.845. The fourth-order valence-corrected chi connectivity index (χ4v) is 1.35. The van der Waals surface area contributed by atoms with E-state index >= 15 is 0 Å². The Morgan fingerprint density at radius 1 is 1.31 bits per heavy atom. The molecule has 0 aliphatic rings. The van der Waals surface area contributed by atoms with Crippen molar-refractivity contribution in [1.82, 2.24) is 0 Å². The van der Waals surface area contributed by atoms with Crippen molar-refractivity contribution in [2.75, 3.05) is 0 Å². The van der Waals surface area contributed by atoms with Crippen LogP contribution in [0.25, 0.3) is 0 Å². The molecule has 0 radical (unpaired) electrons. The van der Waals surface area contributed by atoms with Crippen LogP contribution >= 0.6 is 30.1 Å². The first kappa shape index (κ1) is 11.0. The molecule has 0 N–H and O–H groups in total. The lowest BCUT2D eigenvalue weighted by molar-refractivity contribution is 0.274. The molecule has 1 aromatic carbocycles. The zero-order valence-electron chi connectivity index (χ0n) is 6.52. The fraction of sp³-hybridized carbons (Fsp3) is 0.143. The Bertz CT molecular complexity index is 304. The zero-order chi connectivity index (χ0) is 9.73. The van der Waals surface area contributed by atoms with E-state index in [0.29, 0.717) is 0 Å². The molecule has 1 rings (SSSR count). The van der Waals surface area contributed by atoms with Gasteiger partial charge in [0, 0.05) is 11.2 Å². The van der Waals surface area contributed by atoms with Gasteiger partial charge < -0.3 is 0 Å². The van der Waals surface area contributed by atoms with Crippen molar-refractivity contribution >= 4 is 30.1 Å². The van der Waals surface area contributed by atoms with Crippen molar-refractivity contribution in [3.05, 3.63) is 35.9 Å². The lowest BCUT2D eigenvalue weighted by Crippen LogP contribution is -1.87. The Morgan fingerprint density at radius 2 is 1.92 bits per heavy atom. The van der Waals surface area contributed by atoms with E-state index in [4.69, 9.17) is 27.6 Å². The van der Waals surface area contributed by atoms with Gasteiger partial charge in [-0.05, 0) is 5.56 Å². The molecule has 1 unspecified atom stereocenters. The van der Waals surface area contributed by atoms with E-state index in [1.807, 2.05) is 30.3 Å².